The van der Waals surface area contributed by atoms with Crippen LogP contribution >= 0.6 is 0 Å². The van der Waals surface area contributed by atoms with Crippen molar-refractivity contribution in [1.29, 1.82) is 0 Å². The van der Waals surface area contributed by atoms with Crippen LogP contribution in [0.2, 0.25) is 0 Å². The molecule has 0 aliphatic heterocycles. The van der Waals surface area contributed by atoms with Crippen LogP contribution in [0.25, 0.3) is 11.1 Å². The summed E-state index contributed by atoms with van der Waals surface area (Å²) in [5.41, 5.74) is 8.22. The zero-order valence-electron chi connectivity index (χ0n) is 7.78. The van der Waals surface area contributed by atoms with Crippen molar-refractivity contribution < 1.29 is 5.11 Å². The zero-order valence-corrected chi connectivity index (χ0v) is 7.78. The highest BCUT2D eigenvalue weighted by molar-refractivity contribution is 5.76. The fraction of sp³-hybridized carbons (Fsp3) is 0.100. The number of phenolic OH excluding ortho intramolecular Hbond substituents is 1. The van der Waals surface area contributed by atoms with E-state index in [9.17, 15) is 5.11 Å². The van der Waals surface area contributed by atoms with Crippen LogP contribution in [0, 0.1) is 6.92 Å². The molecular formula is C10H11N3O. The third kappa shape index (κ3) is 1.21. The topological polar surface area (TPSA) is 74.9 Å². The third-order valence-corrected chi connectivity index (χ3v) is 2.26. The first-order valence-electron chi connectivity index (χ1n) is 4.28. The molecule has 1 heterocycles. The minimum atomic E-state index is 0.267. The van der Waals surface area contributed by atoms with Gasteiger partial charge in [-0.15, -0.1) is 0 Å². The first kappa shape index (κ1) is 8.62. The molecule has 1 aromatic carbocycles. The second kappa shape index (κ2) is 3.06. The van der Waals surface area contributed by atoms with E-state index in [1.54, 1.807) is 18.3 Å². The average molecular weight is 189 g/mol. The Bertz CT molecular complexity index is 462. The van der Waals surface area contributed by atoms with Gasteiger partial charge in [-0.1, -0.05) is 12.1 Å². The Balaban J connectivity index is 2.63. The van der Waals surface area contributed by atoms with Gasteiger partial charge < -0.3 is 10.8 Å². The Kier molecular flexibility index (Phi) is 1.89. The van der Waals surface area contributed by atoms with Crippen molar-refractivity contribution >= 4 is 5.82 Å². The molecule has 2 rings (SSSR count). The molecule has 0 bridgehead atoms. The fourth-order valence-corrected chi connectivity index (χ4v) is 1.43. The molecule has 0 saturated heterocycles. The predicted molar refractivity (Wildman–Crippen MR) is 54.8 cm³/mol. The molecule has 0 aliphatic rings. The Morgan fingerprint density at radius 2 is 2.14 bits per heavy atom. The van der Waals surface area contributed by atoms with E-state index in [2.05, 4.69) is 10.2 Å². The second-order valence-corrected chi connectivity index (χ2v) is 3.15. The quantitative estimate of drug-likeness (QED) is 0.638. The number of nitrogens with one attached hydrogen (secondary N) is 1. The Labute approximate surface area is 81.4 Å². The molecule has 4 nitrogen and oxygen atoms in total. The van der Waals surface area contributed by atoms with Gasteiger partial charge in [0.1, 0.15) is 11.6 Å². The number of aromatic amines is 1. The van der Waals surface area contributed by atoms with Crippen LogP contribution in [0.15, 0.2) is 24.4 Å². The summed E-state index contributed by atoms with van der Waals surface area (Å²) >= 11 is 0. The van der Waals surface area contributed by atoms with Gasteiger partial charge in [0.15, 0.2) is 0 Å². The maximum Gasteiger partial charge on any atom is 0.126 e. The van der Waals surface area contributed by atoms with Gasteiger partial charge in [0.25, 0.3) is 0 Å². The van der Waals surface area contributed by atoms with Crippen molar-refractivity contribution in [3.8, 4) is 16.9 Å². The molecule has 14 heavy (non-hydrogen) atoms. The Hall–Kier alpha value is -1.97. The largest absolute Gasteiger partial charge is 0.508 e. The second-order valence-electron chi connectivity index (χ2n) is 3.15. The predicted octanol–water partition coefficient (Wildman–Crippen LogP) is 1.67. The van der Waals surface area contributed by atoms with Crippen molar-refractivity contribution in [2.75, 3.05) is 5.73 Å². The summed E-state index contributed by atoms with van der Waals surface area (Å²) in [4.78, 5) is 0. The lowest BCUT2D eigenvalue weighted by Crippen LogP contribution is -1.89. The van der Waals surface area contributed by atoms with Crippen molar-refractivity contribution in [3.63, 3.8) is 0 Å². The van der Waals surface area contributed by atoms with Crippen LogP contribution in [0.4, 0.5) is 5.82 Å². The minimum Gasteiger partial charge on any atom is -0.508 e. The highest BCUT2D eigenvalue weighted by Gasteiger charge is 2.09. The number of phenols is 1. The number of hydrogen-bond acceptors (Lipinski definition) is 3. The molecule has 0 radical (unpaired) electrons. The highest BCUT2D eigenvalue weighted by Crippen LogP contribution is 2.31. The first-order valence-corrected chi connectivity index (χ1v) is 4.28. The van der Waals surface area contributed by atoms with E-state index in [0.29, 0.717) is 5.82 Å². The molecule has 1 aromatic heterocycles. The summed E-state index contributed by atoms with van der Waals surface area (Å²) in [6, 6.07) is 5.33. The number of nitrogens with two attached hydrogens (primary N) is 1. The molecule has 0 fully saturated rings. The zero-order chi connectivity index (χ0) is 10.1. The number of H-pyrrole nitrogens is 1. The van der Waals surface area contributed by atoms with Crippen LogP contribution in [0.1, 0.15) is 5.56 Å². The summed E-state index contributed by atoms with van der Waals surface area (Å²) < 4.78 is 0. The molecular weight excluding hydrogens is 178 g/mol. The lowest BCUT2D eigenvalue weighted by atomic mass is 10.0. The SMILES string of the molecule is Cc1c(O)cccc1-c1cn[nH]c1N. The number of hydrogen-bond donors (Lipinski definition) is 3. The fourth-order valence-electron chi connectivity index (χ4n) is 1.43. The van der Waals surface area contributed by atoms with Gasteiger partial charge in [-0.25, -0.2) is 0 Å². The van der Waals surface area contributed by atoms with E-state index in [1.165, 1.54) is 0 Å². The average Bonchev–Trinajstić information content (AvgIpc) is 2.57. The van der Waals surface area contributed by atoms with E-state index in [4.69, 9.17) is 5.73 Å². The van der Waals surface area contributed by atoms with Gasteiger partial charge in [-0.2, -0.15) is 5.10 Å². The van der Waals surface area contributed by atoms with E-state index in [-0.39, 0.29) is 5.75 Å². The molecule has 0 atom stereocenters. The summed E-state index contributed by atoms with van der Waals surface area (Å²) in [7, 11) is 0. The van der Waals surface area contributed by atoms with Crippen LogP contribution in [0.3, 0.4) is 0 Å². The number of aromatic hydroxyl groups is 1. The highest BCUT2D eigenvalue weighted by atomic mass is 16.3. The molecule has 72 valence electrons. The molecule has 4 heteroatoms. The van der Waals surface area contributed by atoms with Crippen LogP contribution in [0.5, 0.6) is 5.75 Å². The Morgan fingerprint density at radius 3 is 2.79 bits per heavy atom. The van der Waals surface area contributed by atoms with Crippen molar-refractivity contribution in [3.05, 3.63) is 30.0 Å². The first-order chi connectivity index (χ1) is 6.70. The number of anilines is 1. The van der Waals surface area contributed by atoms with Crippen LogP contribution < -0.4 is 5.73 Å². The van der Waals surface area contributed by atoms with Crippen molar-refractivity contribution in [2.24, 2.45) is 0 Å². The maximum atomic E-state index is 9.52. The molecule has 0 spiro atoms. The maximum absolute atomic E-state index is 9.52. The molecule has 0 amide bonds. The van der Waals surface area contributed by atoms with Gasteiger partial charge in [0.05, 0.1) is 6.20 Å². The van der Waals surface area contributed by atoms with Crippen molar-refractivity contribution in [2.45, 2.75) is 6.92 Å². The van der Waals surface area contributed by atoms with Gasteiger partial charge >= 0.3 is 0 Å². The number of aromatic nitrogens is 2. The van der Waals surface area contributed by atoms with Crippen LogP contribution in [-0.2, 0) is 0 Å². The summed E-state index contributed by atoms with van der Waals surface area (Å²) in [5, 5.41) is 16.0. The van der Waals surface area contributed by atoms with E-state index >= 15 is 0 Å². The lowest BCUT2D eigenvalue weighted by Gasteiger charge is -2.05. The molecule has 4 N–H and O–H groups in total. The summed E-state index contributed by atoms with van der Waals surface area (Å²) in [6.45, 7) is 1.84. The third-order valence-electron chi connectivity index (χ3n) is 2.26. The molecule has 0 aliphatic carbocycles. The van der Waals surface area contributed by atoms with Crippen LogP contribution in [-0.4, -0.2) is 15.3 Å². The van der Waals surface area contributed by atoms with Gasteiger partial charge in [0, 0.05) is 5.56 Å². The Morgan fingerprint density at radius 1 is 1.36 bits per heavy atom. The van der Waals surface area contributed by atoms with E-state index < -0.39 is 0 Å². The number of nitrogens with zero attached hydrogens (tertiary/aromatic N) is 1. The number of nitrogen functional groups attached to an aromatic ring is 1. The smallest absolute Gasteiger partial charge is 0.126 e. The molecule has 0 unspecified atom stereocenters. The minimum absolute atomic E-state index is 0.267. The standard InChI is InChI=1S/C10H11N3O/c1-6-7(3-2-4-9(6)14)8-5-12-13-10(8)11/h2-5,14H,1H3,(H3,11,12,13). The van der Waals surface area contributed by atoms with Gasteiger partial charge in [0.2, 0.25) is 0 Å². The lowest BCUT2D eigenvalue weighted by molar-refractivity contribution is 0.471. The number of benzene rings is 1. The monoisotopic (exact) mass is 189 g/mol. The van der Waals surface area contributed by atoms with E-state index in [1.807, 2.05) is 13.0 Å². The van der Waals surface area contributed by atoms with Crippen molar-refractivity contribution in [1.82, 2.24) is 10.2 Å². The molecule has 2 aromatic rings. The molecule has 0 saturated carbocycles. The number of rotatable bonds is 1. The normalized spacial score (nSPS) is 10.4. The van der Waals surface area contributed by atoms with Gasteiger partial charge in [-0.3, -0.25) is 5.10 Å². The van der Waals surface area contributed by atoms with Gasteiger partial charge in [-0.05, 0) is 24.1 Å². The summed E-state index contributed by atoms with van der Waals surface area (Å²) in [6.07, 6.45) is 1.65. The van der Waals surface area contributed by atoms with E-state index in [0.717, 1.165) is 16.7 Å². The summed E-state index contributed by atoms with van der Waals surface area (Å²) in [5.74, 6) is 0.779.